The lowest BCUT2D eigenvalue weighted by molar-refractivity contribution is -0.195. The van der Waals surface area contributed by atoms with Crippen LogP contribution in [0.1, 0.15) is 39.9 Å². The van der Waals surface area contributed by atoms with Gasteiger partial charge in [0.2, 0.25) is 0 Å². The van der Waals surface area contributed by atoms with Crippen molar-refractivity contribution in [2.24, 2.45) is 0 Å². The van der Waals surface area contributed by atoms with Gasteiger partial charge in [-0.3, -0.25) is 9.59 Å². The Morgan fingerprint density at radius 3 is 1.98 bits per heavy atom. The van der Waals surface area contributed by atoms with Crippen LogP contribution in [-0.4, -0.2) is 44.8 Å². The molecule has 216 valence electrons. The molecule has 0 saturated carbocycles. The first-order valence-electron chi connectivity index (χ1n) is 11.7. The lowest BCUT2D eigenvalue weighted by Crippen LogP contribution is -2.34. The number of benzene rings is 3. The number of phenolic OH excluding ortho intramolecular Hbond substituents is 2. The lowest BCUT2D eigenvalue weighted by atomic mass is 9.77. The number of fused-ring (bicyclic) bond motifs is 6. The molecule has 3 aromatic rings. The van der Waals surface area contributed by atoms with Crippen molar-refractivity contribution in [3.05, 3.63) is 75.6 Å². The standard InChI is InChI=1S/C26H12F5NO9S/c27-10-3-8-14(5-12(10)33)39-15-6-13(34)11(28)4-9(15)26(8)20-19(25(38)40-26)21(29)23(31)24(22(20)30)42-7-18(37)41-32-16(35)1-2-17(32)36/h3-6,33-34H,1-2,7H2. The molecule has 1 spiro atoms. The molecule has 0 aliphatic carbocycles. The molecule has 10 nitrogen and oxygen atoms in total. The van der Waals surface area contributed by atoms with Crippen molar-refractivity contribution in [3.63, 3.8) is 0 Å². The summed E-state index contributed by atoms with van der Waals surface area (Å²) in [6.45, 7) is 0. The number of rotatable bonds is 4. The molecular formula is C26H12F5NO9S. The van der Waals surface area contributed by atoms with Crippen molar-refractivity contribution in [2.75, 3.05) is 5.75 Å². The van der Waals surface area contributed by atoms with Crippen molar-refractivity contribution < 1.29 is 65.7 Å². The number of hydroxylamine groups is 2. The number of carbonyl (C=O) groups is 4. The summed E-state index contributed by atoms with van der Waals surface area (Å²) < 4.78 is 86.9. The van der Waals surface area contributed by atoms with Gasteiger partial charge in [0.1, 0.15) is 22.9 Å². The molecule has 2 amide bonds. The first-order valence-corrected chi connectivity index (χ1v) is 12.7. The largest absolute Gasteiger partial charge is 0.505 e. The van der Waals surface area contributed by atoms with Gasteiger partial charge in [0.25, 0.3) is 11.8 Å². The Morgan fingerprint density at radius 2 is 1.43 bits per heavy atom. The van der Waals surface area contributed by atoms with E-state index in [2.05, 4.69) is 4.84 Å². The molecule has 16 heteroatoms. The Kier molecular flexibility index (Phi) is 6.07. The van der Waals surface area contributed by atoms with Crippen molar-refractivity contribution >= 4 is 35.5 Å². The number of carbonyl (C=O) groups excluding carboxylic acids is 4. The number of phenols is 2. The normalized spacial score (nSPS) is 16.2. The van der Waals surface area contributed by atoms with E-state index in [4.69, 9.17) is 9.47 Å². The highest BCUT2D eigenvalue weighted by molar-refractivity contribution is 8.00. The van der Waals surface area contributed by atoms with E-state index >= 15 is 13.2 Å². The molecule has 3 aliphatic rings. The maximum Gasteiger partial charge on any atom is 0.343 e. The molecule has 0 aromatic heterocycles. The molecule has 3 aromatic carbocycles. The fraction of sp³-hybridized carbons (Fsp3) is 0.154. The van der Waals surface area contributed by atoms with Gasteiger partial charge in [0.15, 0.2) is 40.4 Å². The summed E-state index contributed by atoms with van der Waals surface area (Å²) in [7, 11) is 0. The highest BCUT2D eigenvalue weighted by Gasteiger charge is 2.58. The maximum atomic E-state index is 16.3. The van der Waals surface area contributed by atoms with E-state index in [1.165, 1.54) is 0 Å². The van der Waals surface area contributed by atoms with Crippen LogP contribution in [-0.2, 0) is 29.6 Å². The number of nitrogens with zero attached hydrogens (tertiary/aromatic N) is 1. The smallest absolute Gasteiger partial charge is 0.343 e. The third-order valence-corrected chi connectivity index (χ3v) is 7.72. The second kappa shape index (κ2) is 9.34. The van der Waals surface area contributed by atoms with Gasteiger partial charge in [-0.05, 0) is 12.1 Å². The van der Waals surface area contributed by atoms with Crippen LogP contribution < -0.4 is 4.74 Å². The van der Waals surface area contributed by atoms with Gasteiger partial charge in [0, 0.05) is 25.0 Å². The molecule has 3 aliphatic heterocycles. The fourth-order valence-corrected chi connectivity index (χ4v) is 5.65. The average Bonchev–Trinajstić information content (AvgIpc) is 3.41. The molecule has 3 heterocycles. The summed E-state index contributed by atoms with van der Waals surface area (Å²) in [6, 6.07) is 2.50. The number of thioether (sulfide) groups is 1. The second-order valence-electron chi connectivity index (χ2n) is 9.13. The number of aromatic hydroxyl groups is 2. The van der Waals surface area contributed by atoms with Crippen molar-refractivity contribution in [2.45, 2.75) is 23.3 Å². The third kappa shape index (κ3) is 3.78. The number of halogens is 5. The molecular weight excluding hydrogens is 597 g/mol. The summed E-state index contributed by atoms with van der Waals surface area (Å²) in [4.78, 5) is 52.0. The van der Waals surface area contributed by atoms with E-state index in [0.717, 1.165) is 0 Å². The molecule has 42 heavy (non-hydrogen) atoms. The van der Waals surface area contributed by atoms with Crippen LogP contribution >= 0.6 is 11.8 Å². The van der Waals surface area contributed by atoms with E-state index in [1.54, 1.807) is 0 Å². The van der Waals surface area contributed by atoms with Gasteiger partial charge >= 0.3 is 11.9 Å². The predicted octanol–water partition coefficient (Wildman–Crippen LogP) is 4.06. The van der Waals surface area contributed by atoms with Gasteiger partial charge in [-0.2, -0.15) is 0 Å². The molecule has 6 rings (SSSR count). The molecule has 2 N–H and O–H groups in total. The Balaban J connectivity index is 1.52. The fourth-order valence-electron chi connectivity index (χ4n) is 4.89. The quantitative estimate of drug-likeness (QED) is 0.146. The lowest BCUT2D eigenvalue weighted by Gasteiger charge is -2.36. The van der Waals surface area contributed by atoms with Crippen LogP contribution in [0.3, 0.4) is 0 Å². The first-order chi connectivity index (χ1) is 19.8. The summed E-state index contributed by atoms with van der Waals surface area (Å²) in [5.74, 6) is -16.7. The molecule has 0 radical (unpaired) electrons. The zero-order valence-corrected chi connectivity index (χ0v) is 21.2. The minimum absolute atomic E-state index is 0.0301. The number of hydrogen-bond donors (Lipinski definition) is 2. The highest BCUT2D eigenvalue weighted by atomic mass is 32.2. The van der Waals surface area contributed by atoms with Crippen LogP contribution in [0, 0.1) is 29.1 Å². The third-order valence-electron chi connectivity index (χ3n) is 6.69. The van der Waals surface area contributed by atoms with E-state index in [-0.39, 0.29) is 29.7 Å². The van der Waals surface area contributed by atoms with Crippen LogP contribution in [0.4, 0.5) is 22.0 Å². The van der Waals surface area contributed by atoms with Gasteiger partial charge in [-0.15, -0.1) is 16.8 Å². The van der Waals surface area contributed by atoms with Gasteiger partial charge < -0.3 is 24.5 Å². The van der Waals surface area contributed by atoms with E-state index in [9.17, 15) is 38.2 Å². The summed E-state index contributed by atoms with van der Waals surface area (Å²) >= 11 is 0.0301. The Morgan fingerprint density at radius 1 is 0.881 bits per heavy atom. The molecule has 0 bridgehead atoms. The van der Waals surface area contributed by atoms with E-state index in [0.29, 0.717) is 24.3 Å². The number of hydrogen-bond acceptors (Lipinski definition) is 10. The summed E-state index contributed by atoms with van der Waals surface area (Å²) in [5, 5.41) is 20.0. The summed E-state index contributed by atoms with van der Waals surface area (Å²) in [6.07, 6.45) is -0.448. The van der Waals surface area contributed by atoms with Crippen molar-refractivity contribution in [3.8, 4) is 23.0 Å². The average molecular weight is 609 g/mol. The molecule has 1 fully saturated rings. The monoisotopic (exact) mass is 609 g/mol. The van der Waals surface area contributed by atoms with E-state index in [1.807, 2.05) is 0 Å². The van der Waals surface area contributed by atoms with Crippen LogP contribution in [0.2, 0.25) is 0 Å². The van der Waals surface area contributed by atoms with Crippen LogP contribution in [0.25, 0.3) is 0 Å². The first kappa shape index (κ1) is 27.3. The van der Waals surface area contributed by atoms with Gasteiger partial charge in [0.05, 0.1) is 27.3 Å². The molecule has 0 atom stereocenters. The minimum Gasteiger partial charge on any atom is -0.505 e. The number of esters is 1. The number of imide groups is 1. The maximum absolute atomic E-state index is 16.3. The second-order valence-corrected chi connectivity index (χ2v) is 10.1. The Hall–Kier alpha value is -4.86. The Labute approximate surface area is 234 Å². The number of amides is 2. The van der Waals surface area contributed by atoms with E-state index < -0.39 is 114 Å². The van der Waals surface area contributed by atoms with Gasteiger partial charge in [-0.25, -0.2) is 31.5 Å². The topological polar surface area (TPSA) is 140 Å². The highest BCUT2D eigenvalue weighted by Crippen LogP contribution is 2.59. The molecule has 0 unspecified atom stereocenters. The summed E-state index contributed by atoms with van der Waals surface area (Å²) in [5.41, 5.74) is -6.18. The predicted molar refractivity (Wildman–Crippen MR) is 126 cm³/mol. The molecule has 1 saturated heterocycles. The van der Waals surface area contributed by atoms with Crippen molar-refractivity contribution in [1.29, 1.82) is 0 Å². The number of ether oxygens (including phenoxy) is 2. The zero-order valence-electron chi connectivity index (χ0n) is 20.4. The van der Waals surface area contributed by atoms with Crippen LogP contribution in [0.15, 0.2) is 29.2 Å². The van der Waals surface area contributed by atoms with Gasteiger partial charge in [-0.1, -0.05) is 0 Å². The Bertz CT molecular complexity index is 1720. The van der Waals surface area contributed by atoms with Crippen molar-refractivity contribution in [1.82, 2.24) is 5.06 Å². The minimum atomic E-state index is -2.73. The van der Waals surface area contributed by atoms with Crippen LogP contribution in [0.5, 0.6) is 23.0 Å². The zero-order chi connectivity index (χ0) is 30.2. The SMILES string of the molecule is O=C(CSc1c(F)c(F)c2c(c1F)C1(OC2=O)c2cc(F)c(O)cc2Oc2cc(O)c(F)cc21)ON1C(=O)CCC1=O.